The maximum atomic E-state index is 12.0. The summed E-state index contributed by atoms with van der Waals surface area (Å²) in [4.78, 5) is 14.1. The van der Waals surface area contributed by atoms with Crippen LogP contribution < -0.4 is 10.2 Å². The Balaban J connectivity index is 2.62. The molecule has 0 unspecified atom stereocenters. The summed E-state index contributed by atoms with van der Waals surface area (Å²) in [5, 5.41) is 0.0266. The average molecular weight is 264 g/mol. The van der Waals surface area contributed by atoms with Crippen molar-refractivity contribution in [2.24, 2.45) is 0 Å². The largest absolute Gasteiger partial charge is 0.573 e. The van der Waals surface area contributed by atoms with Crippen molar-refractivity contribution in [2.45, 2.75) is 6.36 Å². The maximum absolute atomic E-state index is 12.0. The molecule has 90 valence electrons. The second-order valence-corrected chi connectivity index (χ2v) is 3.62. The van der Waals surface area contributed by atoms with Gasteiger partial charge in [-0.3, -0.25) is 4.79 Å². The molecule has 0 saturated heterocycles. The summed E-state index contributed by atoms with van der Waals surface area (Å²) in [6, 6.07) is 3.18. The number of rotatable bonds is 1. The summed E-state index contributed by atoms with van der Waals surface area (Å²) in [5.41, 5.74) is -0.165. The second kappa shape index (κ2) is 3.96. The molecule has 2 rings (SSSR count). The number of halogens is 4. The van der Waals surface area contributed by atoms with E-state index in [1.54, 1.807) is 0 Å². The van der Waals surface area contributed by atoms with Gasteiger partial charge in [-0.05, 0) is 6.07 Å². The zero-order valence-corrected chi connectivity index (χ0v) is 8.89. The molecular formula is C10H5ClF3NO2. The molecule has 2 aromatic rings. The Kier molecular flexibility index (Phi) is 2.74. The van der Waals surface area contributed by atoms with Crippen molar-refractivity contribution in [1.82, 2.24) is 4.98 Å². The van der Waals surface area contributed by atoms with Crippen molar-refractivity contribution in [3.05, 3.63) is 39.6 Å². The van der Waals surface area contributed by atoms with Crippen LogP contribution in [0.5, 0.6) is 5.75 Å². The number of pyridine rings is 1. The van der Waals surface area contributed by atoms with Gasteiger partial charge in [-0.1, -0.05) is 11.6 Å². The fourth-order valence-electron chi connectivity index (χ4n) is 1.41. The van der Waals surface area contributed by atoms with Crippen LogP contribution in [0, 0.1) is 0 Å². The quantitative estimate of drug-likeness (QED) is 0.859. The summed E-state index contributed by atoms with van der Waals surface area (Å²) < 4.78 is 39.8. The zero-order chi connectivity index (χ0) is 12.6. The van der Waals surface area contributed by atoms with Gasteiger partial charge in [0.25, 0.3) is 0 Å². The van der Waals surface area contributed by atoms with Gasteiger partial charge in [0, 0.05) is 18.3 Å². The molecule has 7 heteroatoms. The maximum Gasteiger partial charge on any atom is 0.573 e. The van der Waals surface area contributed by atoms with E-state index in [4.69, 9.17) is 11.6 Å². The van der Waals surface area contributed by atoms with Gasteiger partial charge in [-0.25, -0.2) is 0 Å². The first-order valence-corrected chi connectivity index (χ1v) is 4.81. The van der Waals surface area contributed by atoms with Gasteiger partial charge in [0.2, 0.25) is 0 Å². The van der Waals surface area contributed by atoms with E-state index in [1.165, 1.54) is 12.3 Å². The number of nitrogens with one attached hydrogen (secondary N) is 1. The van der Waals surface area contributed by atoms with Gasteiger partial charge in [-0.15, -0.1) is 13.2 Å². The van der Waals surface area contributed by atoms with E-state index >= 15 is 0 Å². The minimum absolute atomic E-state index is 0.0144. The van der Waals surface area contributed by atoms with E-state index in [2.05, 4.69) is 9.72 Å². The summed E-state index contributed by atoms with van der Waals surface area (Å²) >= 11 is 5.75. The number of hydrogen-bond donors (Lipinski definition) is 1. The molecule has 17 heavy (non-hydrogen) atoms. The van der Waals surface area contributed by atoms with Gasteiger partial charge >= 0.3 is 6.36 Å². The number of aromatic amines is 1. The van der Waals surface area contributed by atoms with Gasteiger partial charge in [0.1, 0.15) is 5.75 Å². The van der Waals surface area contributed by atoms with Crippen LogP contribution in [0.2, 0.25) is 5.02 Å². The number of alkyl halides is 3. The second-order valence-electron chi connectivity index (χ2n) is 3.22. The van der Waals surface area contributed by atoms with Gasteiger partial charge in [-0.2, -0.15) is 0 Å². The molecule has 0 saturated carbocycles. The molecule has 0 aliphatic carbocycles. The molecule has 0 atom stereocenters. The molecule has 0 bridgehead atoms. The van der Waals surface area contributed by atoms with Crippen molar-refractivity contribution >= 4 is 22.5 Å². The molecule has 0 amide bonds. The fraction of sp³-hybridized carbons (Fsp3) is 0.100. The highest BCUT2D eigenvalue weighted by atomic mass is 35.5. The Hall–Kier alpha value is -1.69. The third kappa shape index (κ3) is 2.52. The van der Waals surface area contributed by atoms with Crippen LogP contribution in [-0.2, 0) is 0 Å². The fourth-order valence-corrected chi connectivity index (χ4v) is 1.67. The molecule has 1 aromatic carbocycles. The highest BCUT2D eigenvalue weighted by Gasteiger charge is 2.31. The third-order valence-electron chi connectivity index (χ3n) is 2.03. The number of ether oxygens (including phenoxy) is 1. The van der Waals surface area contributed by atoms with Gasteiger partial charge in [0.05, 0.1) is 15.9 Å². The SMILES string of the molecule is O=c1cc[nH]c2c(Cl)cc(OC(F)(F)F)cc12. The highest BCUT2D eigenvalue weighted by molar-refractivity contribution is 6.35. The predicted molar refractivity (Wildman–Crippen MR) is 56.3 cm³/mol. The van der Waals surface area contributed by atoms with Crippen LogP contribution in [0.25, 0.3) is 10.9 Å². The molecule has 3 nitrogen and oxygen atoms in total. The summed E-state index contributed by atoms with van der Waals surface area (Å²) in [6.45, 7) is 0. The van der Waals surface area contributed by atoms with E-state index in [0.717, 1.165) is 12.1 Å². The first kappa shape index (κ1) is 11.8. The molecule has 0 spiro atoms. The lowest BCUT2D eigenvalue weighted by atomic mass is 10.2. The summed E-state index contributed by atoms with van der Waals surface area (Å²) in [5.74, 6) is -0.522. The first-order valence-electron chi connectivity index (χ1n) is 4.43. The molecule has 1 N–H and O–H groups in total. The van der Waals surface area contributed by atoms with E-state index in [-0.39, 0.29) is 15.9 Å². The molecule has 0 fully saturated rings. The Morgan fingerprint density at radius 2 is 2.00 bits per heavy atom. The van der Waals surface area contributed by atoms with Gasteiger partial charge in [0.15, 0.2) is 5.43 Å². The molecule has 0 aliphatic heterocycles. The molecular weight excluding hydrogens is 259 g/mol. The average Bonchev–Trinajstić information content (AvgIpc) is 2.17. The van der Waals surface area contributed by atoms with Crippen molar-refractivity contribution in [3.8, 4) is 5.75 Å². The first-order chi connectivity index (χ1) is 7.87. The number of hydrogen-bond acceptors (Lipinski definition) is 2. The monoisotopic (exact) mass is 263 g/mol. The summed E-state index contributed by atoms with van der Waals surface area (Å²) in [6.07, 6.45) is -3.46. The van der Waals surface area contributed by atoms with Crippen molar-refractivity contribution in [2.75, 3.05) is 0 Å². The Morgan fingerprint density at radius 3 is 2.65 bits per heavy atom. The smallest absolute Gasteiger partial charge is 0.406 e. The molecule has 1 heterocycles. The standard InChI is InChI=1S/C10H5ClF3NO2/c11-7-4-5(17-10(12,13)14)3-6-8(16)1-2-15-9(6)7/h1-4H,(H,15,16). The van der Waals surface area contributed by atoms with Crippen LogP contribution in [0.3, 0.4) is 0 Å². The normalized spacial score (nSPS) is 11.8. The Labute approximate surface area is 97.8 Å². The lowest BCUT2D eigenvalue weighted by Crippen LogP contribution is -2.17. The molecule has 0 aliphatic rings. The topological polar surface area (TPSA) is 42.1 Å². The van der Waals surface area contributed by atoms with E-state index in [1.807, 2.05) is 0 Å². The lowest BCUT2D eigenvalue weighted by molar-refractivity contribution is -0.274. The van der Waals surface area contributed by atoms with Crippen molar-refractivity contribution in [1.29, 1.82) is 0 Å². The van der Waals surface area contributed by atoms with Crippen LogP contribution >= 0.6 is 11.6 Å². The number of benzene rings is 1. The van der Waals surface area contributed by atoms with Crippen LogP contribution in [0.15, 0.2) is 29.2 Å². The number of fused-ring (bicyclic) bond motifs is 1. The predicted octanol–water partition coefficient (Wildman–Crippen LogP) is 3.08. The lowest BCUT2D eigenvalue weighted by Gasteiger charge is -2.10. The van der Waals surface area contributed by atoms with Crippen molar-refractivity contribution in [3.63, 3.8) is 0 Å². The molecule has 1 aromatic heterocycles. The van der Waals surface area contributed by atoms with Crippen molar-refractivity contribution < 1.29 is 17.9 Å². The highest BCUT2D eigenvalue weighted by Crippen LogP contribution is 2.29. The Bertz CT molecular complexity index is 621. The van der Waals surface area contributed by atoms with E-state index < -0.39 is 17.5 Å². The minimum atomic E-state index is -4.82. The van der Waals surface area contributed by atoms with Crippen LogP contribution in [-0.4, -0.2) is 11.3 Å². The van der Waals surface area contributed by atoms with E-state index in [9.17, 15) is 18.0 Å². The minimum Gasteiger partial charge on any atom is -0.406 e. The van der Waals surface area contributed by atoms with Gasteiger partial charge < -0.3 is 9.72 Å². The van der Waals surface area contributed by atoms with Crippen LogP contribution in [0.4, 0.5) is 13.2 Å². The Morgan fingerprint density at radius 1 is 1.29 bits per heavy atom. The molecule has 0 radical (unpaired) electrons. The van der Waals surface area contributed by atoms with Crippen LogP contribution in [0.1, 0.15) is 0 Å². The van der Waals surface area contributed by atoms with E-state index in [0.29, 0.717) is 0 Å². The third-order valence-corrected chi connectivity index (χ3v) is 2.32. The zero-order valence-electron chi connectivity index (χ0n) is 8.14. The number of aromatic nitrogens is 1. The summed E-state index contributed by atoms with van der Waals surface area (Å²) in [7, 11) is 0. The number of H-pyrrole nitrogens is 1.